The number of allylic oxidation sites excluding steroid dienone is 3. The van der Waals surface area contributed by atoms with Crippen LogP contribution in [0.1, 0.15) is 109 Å². The Morgan fingerprint density at radius 1 is 0.891 bits per heavy atom. The Balaban J connectivity index is 1.16. The molecule has 1 aliphatic carbocycles. The minimum Gasteiger partial charge on any atom is -0.507 e. The zero-order chi connectivity index (χ0) is 67.4. The number of carbonyl (C=O) groups is 7. The lowest BCUT2D eigenvalue weighted by molar-refractivity contribution is -0.163. The molecule has 6 aliphatic rings. The SMILES string of the molecule is CC(=O)O[C@H]1[C@H](C)[C@H](O)[C@H](C)[C@@H](OC(=O)Cc2ccccc2COC(=O)CCC(=O)NC(C=O)P(=O)(O)O)[C@@H](C)/C=C/C=C(/C)C(=O)Nc2c3oc4cc(N5CCN(CC(C)C)CC5)cc(O)c4nc-3c3c4c(c(C)c(O)c3c2=O)O[C@](C)(O/C=C/[C@H](C)[C@H]1C)C4=O. The Bertz CT molecular complexity index is 3860. The molecule has 3 aromatic rings. The number of phenolic OH excluding ortho intramolecular Hbond substituents is 2. The maximum atomic E-state index is 15.2. The fraction of sp³-hybridized carbons (Fsp3) is 0.470. The molecule has 0 aromatic heterocycles. The number of Topliss-reactive ketones (excluding diaryl/α,β-unsaturated/α-hetero) is 1. The topological polar surface area (TPSA) is 358 Å². The number of benzene rings is 4. The van der Waals surface area contributed by atoms with E-state index in [2.05, 4.69) is 29.0 Å². The maximum absolute atomic E-state index is 15.2. The van der Waals surface area contributed by atoms with E-state index in [4.69, 9.17) is 33.1 Å². The van der Waals surface area contributed by atoms with Crippen molar-refractivity contribution < 1.29 is 91.3 Å². The highest BCUT2D eigenvalue weighted by molar-refractivity contribution is 7.53. The Morgan fingerprint density at radius 3 is 2.22 bits per heavy atom. The number of carbonyl (C=O) groups excluding carboxylic acids is 7. The number of rotatable bonds is 15. The third-order valence-electron chi connectivity index (χ3n) is 17.3. The summed E-state index contributed by atoms with van der Waals surface area (Å²) in [6.45, 7) is 21.8. The number of ketones is 1. The van der Waals surface area contributed by atoms with Crippen molar-refractivity contribution in [3.63, 3.8) is 0 Å². The Labute approximate surface area is 531 Å². The zero-order valence-corrected chi connectivity index (χ0v) is 54.1. The van der Waals surface area contributed by atoms with E-state index < -0.39 is 138 Å². The van der Waals surface area contributed by atoms with Crippen LogP contribution in [0, 0.1) is 42.4 Å². The third kappa shape index (κ3) is 15.2. The fourth-order valence-corrected chi connectivity index (χ4v) is 12.4. The Morgan fingerprint density at radius 2 is 1.57 bits per heavy atom. The molecule has 3 aromatic carbocycles. The number of ether oxygens (including phenoxy) is 5. The molecule has 494 valence electrons. The first-order valence-corrected chi connectivity index (χ1v) is 32.1. The molecule has 0 spiro atoms. The van der Waals surface area contributed by atoms with Gasteiger partial charge in [0.05, 0.1) is 36.2 Å². The van der Waals surface area contributed by atoms with Crippen LogP contribution in [0.25, 0.3) is 33.3 Å². The van der Waals surface area contributed by atoms with Crippen LogP contribution in [0.4, 0.5) is 11.4 Å². The van der Waals surface area contributed by atoms with Crippen molar-refractivity contribution in [1.29, 1.82) is 0 Å². The molecule has 0 radical (unpaired) electrons. The molecule has 26 heteroatoms. The van der Waals surface area contributed by atoms with E-state index in [-0.39, 0.29) is 75.5 Å². The molecule has 1 unspecified atom stereocenters. The van der Waals surface area contributed by atoms with Gasteiger partial charge in [-0.05, 0) is 48.8 Å². The summed E-state index contributed by atoms with van der Waals surface area (Å²) in [5.74, 6) is -13.4. The molecule has 5 aliphatic heterocycles. The lowest BCUT2D eigenvalue weighted by Gasteiger charge is -2.38. The second-order valence-corrected chi connectivity index (χ2v) is 26.4. The van der Waals surface area contributed by atoms with Crippen LogP contribution < -0.4 is 25.7 Å². The van der Waals surface area contributed by atoms with Crippen LogP contribution in [0.15, 0.2) is 81.7 Å². The van der Waals surface area contributed by atoms with Crippen LogP contribution in [-0.4, -0.2) is 139 Å². The smallest absolute Gasteiger partial charge is 0.355 e. The molecule has 25 nitrogen and oxygen atoms in total. The average Bonchev–Trinajstić information content (AvgIpc) is 1.38. The number of amides is 2. The molecule has 5 bridgehead atoms. The minimum absolute atomic E-state index is 0.00743. The number of phenols is 2. The van der Waals surface area contributed by atoms with Gasteiger partial charge in [0.25, 0.3) is 11.7 Å². The molecule has 1 fully saturated rings. The van der Waals surface area contributed by atoms with E-state index in [1.54, 1.807) is 83.2 Å². The van der Waals surface area contributed by atoms with Gasteiger partial charge in [-0.2, -0.15) is 0 Å². The third-order valence-corrected chi connectivity index (χ3v) is 18.3. The molecule has 92 heavy (non-hydrogen) atoms. The molecule has 9 rings (SSSR count). The molecule has 2 amide bonds. The van der Waals surface area contributed by atoms with Gasteiger partial charge in [-0.3, -0.25) is 43.0 Å². The molecule has 5 heterocycles. The predicted octanol–water partition coefficient (Wildman–Crippen LogP) is 7.49. The second-order valence-electron chi connectivity index (χ2n) is 24.7. The van der Waals surface area contributed by atoms with Crippen LogP contribution in [0.2, 0.25) is 0 Å². The van der Waals surface area contributed by atoms with E-state index in [1.165, 1.54) is 46.1 Å². The van der Waals surface area contributed by atoms with E-state index in [1.807, 2.05) is 5.32 Å². The van der Waals surface area contributed by atoms with Crippen molar-refractivity contribution in [2.24, 2.45) is 35.5 Å². The van der Waals surface area contributed by atoms with E-state index >= 15 is 9.59 Å². The Hall–Kier alpha value is -8.48. The minimum atomic E-state index is -4.99. The number of anilines is 2. The van der Waals surface area contributed by atoms with Crippen LogP contribution in [0.5, 0.6) is 17.2 Å². The molecule has 0 saturated carbocycles. The average molecular weight is 1290 g/mol. The number of aromatic nitrogens is 1. The summed E-state index contributed by atoms with van der Waals surface area (Å²) in [5, 5.41) is 40.1. The quantitative estimate of drug-likeness (QED) is 0.0133. The highest BCUT2D eigenvalue weighted by Gasteiger charge is 2.50. The number of esters is 3. The van der Waals surface area contributed by atoms with Gasteiger partial charge in [0.2, 0.25) is 11.3 Å². The molecule has 7 N–H and O–H groups in total. The van der Waals surface area contributed by atoms with Crippen molar-refractivity contribution in [1.82, 2.24) is 15.2 Å². The van der Waals surface area contributed by atoms with Gasteiger partial charge < -0.3 is 73.5 Å². The number of aliphatic hydroxyl groups is 1. The van der Waals surface area contributed by atoms with Gasteiger partial charge in [0.15, 0.2) is 23.4 Å². The lowest BCUT2D eigenvalue weighted by atomic mass is 9.77. The number of aliphatic hydroxyl groups excluding tert-OH is 1. The van der Waals surface area contributed by atoms with E-state index in [9.17, 15) is 58.4 Å². The van der Waals surface area contributed by atoms with E-state index in [0.717, 1.165) is 19.6 Å². The maximum Gasteiger partial charge on any atom is 0.355 e. The fourth-order valence-electron chi connectivity index (χ4n) is 11.9. The standard InChI is InChI=1S/C66H80N5O20P/c1-33(2)30-70-22-24-71(25-23-70)44-28-45(74)54-46(29-44)89-63-55(68-54)51-52-58(79)40(9)62-53(51)64(81)66(11,91-62)87-26-21-34(3)37(6)61(88-41(10)73)39(8)57(78)38(7)60(35(4)15-14-16-36(5)65(82)69-56(63)59(52)80)90-50(77)27-42-17-12-13-18-43(42)32-86-49(76)20-19-47(75)67-48(31-72)92(83,84)85/h12-18,21,26,28-29,31,33-35,37-39,48,57,60-61,74,78-79H,19-20,22-25,27,30,32H2,1-11H3,(H,67,75)(H,69,82)(H2,83,84,85)/b15-14+,26-21+,36-16-/t34-,35-,37+,38-,39+,48?,57+,60-,61+,66-/m0/s1. The summed E-state index contributed by atoms with van der Waals surface area (Å²) < 4.78 is 48.1. The molecular formula is C66H80N5O20P. The van der Waals surface area contributed by atoms with Gasteiger partial charge in [-0.1, -0.05) is 91.0 Å². The summed E-state index contributed by atoms with van der Waals surface area (Å²) in [7, 11) is -4.99. The summed E-state index contributed by atoms with van der Waals surface area (Å²) in [6, 6.07) is 9.70. The van der Waals surface area contributed by atoms with Crippen molar-refractivity contribution in [2.45, 2.75) is 132 Å². The van der Waals surface area contributed by atoms with E-state index in [0.29, 0.717) is 35.8 Å². The Kier molecular flexibility index (Phi) is 21.6. The number of piperazine rings is 1. The first kappa shape index (κ1) is 69.4. The number of nitrogens with zero attached hydrogens (tertiary/aromatic N) is 3. The highest BCUT2D eigenvalue weighted by Crippen LogP contribution is 2.51. The second kappa shape index (κ2) is 28.6. The number of hydrogen-bond acceptors (Lipinski definition) is 21. The number of hydrogen-bond donors (Lipinski definition) is 7. The normalized spacial score (nSPS) is 25.1. The monoisotopic (exact) mass is 1290 g/mol. The molecular weight excluding hydrogens is 1210 g/mol. The molecule has 10 atom stereocenters. The number of nitrogens with one attached hydrogen (secondary N) is 2. The van der Waals surface area contributed by atoms with Gasteiger partial charge in [-0.25, -0.2) is 4.98 Å². The summed E-state index contributed by atoms with van der Waals surface area (Å²) in [4.78, 5) is 136. The van der Waals surface area contributed by atoms with Gasteiger partial charge in [-0.15, -0.1) is 0 Å². The van der Waals surface area contributed by atoms with Crippen molar-refractivity contribution >= 4 is 82.6 Å². The molecule has 1 saturated heterocycles. The van der Waals surface area contributed by atoms with Crippen molar-refractivity contribution in [3.05, 3.63) is 105 Å². The zero-order valence-electron chi connectivity index (χ0n) is 53.2. The van der Waals surface area contributed by atoms with Gasteiger partial charge >= 0.3 is 31.3 Å². The van der Waals surface area contributed by atoms with Crippen LogP contribution in [0.3, 0.4) is 0 Å². The summed E-state index contributed by atoms with van der Waals surface area (Å²) in [5.41, 5.74) is -0.383. The van der Waals surface area contributed by atoms with Gasteiger partial charge in [0.1, 0.15) is 53.0 Å². The lowest BCUT2D eigenvalue weighted by Crippen LogP contribution is -2.47. The number of aromatic hydroxyl groups is 2. The first-order chi connectivity index (χ1) is 43.3. The largest absolute Gasteiger partial charge is 0.507 e. The van der Waals surface area contributed by atoms with Gasteiger partial charge in [0, 0.05) is 105 Å². The van der Waals surface area contributed by atoms with Crippen molar-refractivity contribution in [2.75, 3.05) is 42.9 Å². The summed E-state index contributed by atoms with van der Waals surface area (Å²) in [6.07, 6.45) is 2.46. The number of aldehydes is 1. The number of fused-ring (bicyclic) bond motifs is 14. The van der Waals surface area contributed by atoms with Crippen molar-refractivity contribution in [3.8, 4) is 28.7 Å². The first-order valence-electron chi connectivity index (χ1n) is 30.5. The van der Waals surface area contributed by atoms with Crippen LogP contribution >= 0.6 is 7.60 Å². The summed E-state index contributed by atoms with van der Waals surface area (Å²) >= 11 is 0. The van der Waals surface area contributed by atoms with Crippen LogP contribution in [-0.2, 0) is 65.3 Å². The predicted molar refractivity (Wildman–Crippen MR) is 338 cm³/mol. The highest BCUT2D eigenvalue weighted by atomic mass is 31.2.